The van der Waals surface area contributed by atoms with Gasteiger partial charge in [0.1, 0.15) is 10.4 Å². The molecule has 2 aromatic heterocycles. The summed E-state index contributed by atoms with van der Waals surface area (Å²) in [6, 6.07) is 10.3. The number of nitrogens with zero attached hydrogens (tertiary/aromatic N) is 3. The Kier molecular flexibility index (Phi) is 5.12. The number of non-ortho nitro benzene ring substituents is 1. The number of thiophene rings is 1. The summed E-state index contributed by atoms with van der Waals surface area (Å²) in [5.41, 5.74) is 0.587. The van der Waals surface area contributed by atoms with Gasteiger partial charge < -0.3 is 9.30 Å². The number of aromatic nitrogens is 1. The largest absolute Gasteiger partial charge is 0.494 e. The number of halogens is 1. The number of rotatable bonds is 4. The molecule has 0 radical (unpaired) electrons. The molecular weight excluding hydrogens is 434 g/mol. The molecule has 0 aliphatic rings. The number of aryl methyl sites for hydroxylation is 1. The van der Waals surface area contributed by atoms with Crippen molar-refractivity contribution in [3.05, 3.63) is 61.2 Å². The average Bonchev–Trinajstić information content (AvgIpc) is 3.24. The molecular formula is C19H14ClN3O4S2. The van der Waals surface area contributed by atoms with Crippen molar-refractivity contribution in [1.82, 2.24) is 4.57 Å². The lowest BCUT2D eigenvalue weighted by Crippen LogP contribution is -2.16. The molecule has 7 nitrogen and oxygen atoms in total. The van der Waals surface area contributed by atoms with Crippen LogP contribution in [0.25, 0.3) is 20.3 Å². The van der Waals surface area contributed by atoms with Crippen molar-refractivity contribution in [3.8, 4) is 5.75 Å². The number of amides is 1. The molecule has 0 saturated heterocycles. The van der Waals surface area contributed by atoms with Gasteiger partial charge in [-0.05, 0) is 13.0 Å². The van der Waals surface area contributed by atoms with E-state index >= 15 is 0 Å². The van der Waals surface area contributed by atoms with Crippen molar-refractivity contribution in [2.24, 2.45) is 4.99 Å². The highest BCUT2D eigenvalue weighted by Gasteiger charge is 2.20. The molecule has 0 atom stereocenters. The topological polar surface area (TPSA) is 86.7 Å². The van der Waals surface area contributed by atoms with Gasteiger partial charge in [-0.25, -0.2) is 0 Å². The summed E-state index contributed by atoms with van der Waals surface area (Å²) in [4.78, 5) is 28.7. The van der Waals surface area contributed by atoms with E-state index in [-0.39, 0.29) is 5.69 Å². The smallest absolute Gasteiger partial charge is 0.291 e. The lowest BCUT2D eigenvalue weighted by molar-refractivity contribution is -0.384. The molecule has 0 bridgehead atoms. The molecule has 0 aliphatic heterocycles. The normalized spacial score (nSPS) is 12.0. The highest BCUT2D eigenvalue weighted by molar-refractivity contribution is 7.21. The van der Waals surface area contributed by atoms with Crippen LogP contribution in [0.2, 0.25) is 5.02 Å². The number of thiazole rings is 1. The minimum atomic E-state index is -0.475. The summed E-state index contributed by atoms with van der Waals surface area (Å²) in [6.07, 6.45) is 0. The van der Waals surface area contributed by atoms with Crippen LogP contribution in [0, 0.1) is 10.1 Å². The number of ether oxygens (including phenoxy) is 1. The van der Waals surface area contributed by atoms with Crippen LogP contribution in [0.1, 0.15) is 16.6 Å². The third-order valence-electron chi connectivity index (χ3n) is 4.40. The zero-order valence-electron chi connectivity index (χ0n) is 15.3. The second-order valence-corrected chi connectivity index (χ2v) is 8.48. The van der Waals surface area contributed by atoms with E-state index in [0.717, 1.165) is 10.1 Å². The highest BCUT2D eigenvalue weighted by Crippen LogP contribution is 2.36. The molecule has 4 aromatic rings. The predicted molar refractivity (Wildman–Crippen MR) is 115 cm³/mol. The van der Waals surface area contributed by atoms with Crippen molar-refractivity contribution in [2.75, 3.05) is 7.11 Å². The first-order valence-corrected chi connectivity index (χ1v) is 10.6. The quantitative estimate of drug-likeness (QED) is 0.316. The number of carbonyl (C=O) groups is 1. The zero-order valence-corrected chi connectivity index (χ0v) is 17.7. The Labute approximate surface area is 177 Å². The molecule has 4 rings (SSSR count). The van der Waals surface area contributed by atoms with Crippen LogP contribution in [-0.2, 0) is 6.54 Å². The highest BCUT2D eigenvalue weighted by atomic mass is 35.5. The summed E-state index contributed by atoms with van der Waals surface area (Å²) in [6.45, 7) is 2.42. The number of hydrogen-bond donors (Lipinski definition) is 0. The maximum absolute atomic E-state index is 12.9. The number of nitro groups is 1. The van der Waals surface area contributed by atoms with Gasteiger partial charge in [-0.2, -0.15) is 4.99 Å². The van der Waals surface area contributed by atoms with E-state index in [1.807, 2.05) is 35.8 Å². The van der Waals surface area contributed by atoms with Crippen molar-refractivity contribution < 1.29 is 14.5 Å². The molecule has 0 spiro atoms. The number of fused-ring (bicyclic) bond motifs is 2. The molecule has 0 aliphatic carbocycles. The number of hydrogen-bond acceptors (Lipinski definition) is 6. The van der Waals surface area contributed by atoms with E-state index in [4.69, 9.17) is 16.3 Å². The molecule has 0 saturated carbocycles. The van der Waals surface area contributed by atoms with Gasteiger partial charge in [0.05, 0.1) is 27.8 Å². The third-order valence-corrected chi connectivity index (χ3v) is 7.09. The van der Waals surface area contributed by atoms with Crippen LogP contribution in [0.4, 0.5) is 5.69 Å². The minimum absolute atomic E-state index is 0.0794. The summed E-state index contributed by atoms with van der Waals surface area (Å²) < 4.78 is 8.69. The van der Waals surface area contributed by atoms with E-state index in [1.165, 1.54) is 41.9 Å². The Balaban J connectivity index is 1.92. The SMILES string of the molecule is CCn1c(=NC(=O)c2sc3ccccc3c2Cl)sc2cc([N+](=O)[O-])cc(OC)c21. The summed E-state index contributed by atoms with van der Waals surface area (Å²) in [7, 11) is 1.45. The van der Waals surface area contributed by atoms with Gasteiger partial charge >= 0.3 is 0 Å². The first-order chi connectivity index (χ1) is 13.9. The van der Waals surface area contributed by atoms with Gasteiger partial charge in [0.2, 0.25) is 0 Å². The van der Waals surface area contributed by atoms with Gasteiger partial charge in [-0.15, -0.1) is 11.3 Å². The number of carbonyl (C=O) groups excluding carboxylic acids is 1. The van der Waals surface area contributed by atoms with Crippen molar-refractivity contribution in [2.45, 2.75) is 13.5 Å². The lowest BCUT2D eigenvalue weighted by Gasteiger charge is -2.06. The second-order valence-electron chi connectivity index (χ2n) is 6.04. The number of methoxy groups -OCH3 is 1. The number of benzene rings is 2. The molecule has 2 heterocycles. The van der Waals surface area contributed by atoms with Crippen LogP contribution < -0.4 is 9.54 Å². The van der Waals surface area contributed by atoms with E-state index in [0.29, 0.717) is 37.2 Å². The summed E-state index contributed by atoms with van der Waals surface area (Å²) in [5.74, 6) is -0.0838. The minimum Gasteiger partial charge on any atom is -0.494 e. The molecule has 0 fully saturated rings. The molecule has 2 aromatic carbocycles. The van der Waals surface area contributed by atoms with Gasteiger partial charge in [0.25, 0.3) is 11.6 Å². The molecule has 0 unspecified atom stereocenters. The Bertz CT molecular complexity index is 1350. The fraction of sp³-hybridized carbons (Fsp3) is 0.158. The van der Waals surface area contributed by atoms with Crippen LogP contribution in [0.5, 0.6) is 5.75 Å². The molecule has 148 valence electrons. The molecule has 29 heavy (non-hydrogen) atoms. The van der Waals surface area contributed by atoms with E-state index in [1.54, 1.807) is 0 Å². The first kappa shape index (κ1) is 19.6. The van der Waals surface area contributed by atoms with Crippen LogP contribution in [-0.4, -0.2) is 22.5 Å². The van der Waals surface area contributed by atoms with Crippen LogP contribution in [0.3, 0.4) is 0 Å². The standard InChI is InChI=1S/C19H14ClN3O4S2/c1-3-22-16-12(27-2)8-10(23(25)26)9-14(16)29-19(22)21-18(24)17-15(20)11-6-4-5-7-13(11)28-17/h4-9H,3H2,1-2H3. The lowest BCUT2D eigenvalue weighted by atomic mass is 10.2. The molecule has 0 N–H and O–H groups in total. The van der Waals surface area contributed by atoms with Gasteiger partial charge in [-0.1, -0.05) is 41.1 Å². The maximum Gasteiger partial charge on any atom is 0.291 e. The van der Waals surface area contributed by atoms with E-state index in [2.05, 4.69) is 4.99 Å². The Morgan fingerprint density at radius 3 is 2.69 bits per heavy atom. The summed E-state index contributed by atoms with van der Waals surface area (Å²) >= 11 is 8.89. The zero-order chi connectivity index (χ0) is 20.7. The number of nitro benzene ring substituents is 1. The Morgan fingerprint density at radius 2 is 2.03 bits per heavy atom. The van der Waals surface area contributed by atoms with Crippen molar-refractivity contribution in [1.29, 1.82) is 0 Å². The molecule has 1 amide bonds. The van der Waals surface area contributed by atoms with E-state index < -0.39 is 10.8 Å². The predicted octanol–water partition coefficient (Wildman–Crippen LogP) is 5.25. The average molecular weight is 448 g/mol. The first-order valence-electron chi connectivity index (χ1n) is 8.56. The third kappa shape index (κ3) is 3.31. The fourth-order valence-corrected chi connectivity index (χ4v) is 5.63. The Morgan fingerprint density at radius 1 is 1.28 bits per heavy atom. The van der Waals surface area contributed by atoms with Gasteiger partial charge in [-0.3, -0.25) is 14.9 Å². The maximum atomic E-state index is 12.9. The summed E-state index contributed by atoms with van der Waals surface area (Å²) in [5, 5.41) is 12.4. The van der Waals surface area contributed by atoms with Crippen LogP contribution in [0.15, 0.2) is 41.4 Å². The molecule has 10 heteroatoms. The van der Waals surface area contributed by atoms with Crippen molar-refractivity contribution >= 4 is 66.2 Å². The van der Waals surface area contributed by atoms with Gasteiger partial charge in [0.15, 0.2) is 10.6 Å². The Hall–Kier alpha value is -2.75. The van der Waals surface area contributed by atoms with E-state index in [9.17, 15) is 14.9 Å². The second kappa shape index (κ2) is 7.58. The van der Waals surface area contributed by atoms with Gasteiger partial charge in [0, 0.05) is 22.7 Å². The van der Waals surface area contributed by atoms with Crippen LogP contribution >= 0.6 is 34.3 Å². The fourth-order valence-electron chi connectivity index (χ4n) is 3.09. The monoisotopic (exact) mass is 447 g/mol. The van der Waals surface area contributed by atoms with Crippen molar-refractivity contribution in [3.63, 3.8) is 0 Å².